The summed E-state index contributed by atoms with van der Waals surface area (Å²) in [5, 5.41) is 11.9. The van der Waals surface area contributed by atoms with Gasteiger partial charge in [0.15, 0.2) is 26.5 Å². The third-order valence-electron chi connectivity index (χ3n) is 15.3. The molecule has 3 aliphatic rings. The second-order valence-electron chi connectivity index (χ2n) is 22.8. The van der Waals surface area contributed by atoms with E-state index < -0.39 is 73.0 Å². The standard InChI is InChI=1S/C51H90O11S4Si2/c1-17-38-19-23-42(24-20-38)66(55,56)34-43-46(60-47(49(43)57-11)31-41(62-68(15,16)51(8,9)10)33-58-67(13,14)50(5,6)7)32-44(52)37(4)35(2)29-40(61-65(12,53)54)21-25-45-36(3)30-39(59-45)22-26-48-63-27-18-28-64-48/h19-20,23-24,35,39-41,43-49,52H,3-4,17-18,21-22,25-34H2,1-2,5-16H3/t35-,39+,40-,41?,43+,44-,45+,46+,47-,49-/m1/s1. The first-order chi connectivity index (χ1) is 31.4. The maximum atomic E-state index is 14.3. The third-order valence-corrected chi connectivity index (χ3v) is 29.9. The highest BCUT2D eigenvalue weighted by Gasteiger charge is 2.50. The zero-order chi connectivity index (χ0) is 51.0. The second-order valence-corrected chi connectivity index (χ2v) is 39.0. The Morgan fingerprint density at radius 2 is 1.51 bits per heavy atom. The van der Waals surface area contributed by atoms with E-state index in [1.807, 2.05) is 49.5 Å². The minimum Gasteiger partial charge on any atom is -0.414 e. The molecule has 0 radical (unpaired) electrons. The molecular weight excluding hydrogens is 973 g/mol. The van der Waals surface area contributed by atoms with Crippen molar-refractivity contribution >= 4 is 60.1 Å². The average Bonchev–Trinajstić information content (AvgIpc) is 3.76. The van der Waals surface area contributed by atoms with E-state index in [1.54, 1.807) is 19.2 Å². The molecule has 68 heavy (non-hydrogen) atoms. The molecule has 3 aliphatic heterocycles. The molecule has 11 nitrogen and oxygen atoms in total. The molecule has 4 rings (SSSR count). The van der Waals surface area contributed by atoms with Gasteiger partial charge in [-0.25, -0.2) is 8.42 Å². The lowest BCUT2D eigenvalue weighted by Gasteiger charge is -2.42. The van der Waals surface area contributed by atoms with Crippen molar-refractivity contribution in [2.45, 2.75) is 214 Å². The predicted molar refractivity (Wildman–Crippen MR) is 288 cm³/mol. The predicted octanol–water partition coefficient (Wildman–Crippen LogP) is 11.4. The fourth-order valence-corrected chi connectivity index (χ4v) is 16.6. The molecule has 1 N–H and O–H groups in total. The fourth-order valence-electron chi connectivity index (χ4n) is 8.94. The van der Waals surface area contributed by atoms with Gasteiger partial charge in [-0.05, 0) is 134 Å². The molecule has 0 bridgehead atoms. The number of aryl methyl sites for hydroxylation is 1. The van der Waals surface area contributed by atoms with Crippen LogP contribution in [0.25, 0.3) is 0 Å². The maximum Gasteiger partial charge on any atom is 0.264 e. The van der Waals surface area contributed by atoms with Crippen molar-refractivity contribution in [2.75, 3.05) is 37.2 Å². The summed E-state index contributed by atoms with van der Waals surface area (Å²) < 4.78 is 93.5. The largest absolute Gasteiger partial charge is 0.414 e. The van der Waals surface area contributed by atoms with E-state index >= 15 is 0 Å². The first-order valence-electron chi connectivity index (χ1n) is 25.0. The van der Waals surface area contributed by atoms with E-state index in [9.17, 15) is 21.9 Å². The molecule has 0 amide bonds. The average molecular weight is 1060 g/mol. The van der Waals surface area contributed by atoms with Crippen LogP contribution in [-0.2, 0) is 53.6 Å². The normalized spacial score (nSPS) is 25.7. The summed E-state index contributed by atoms with van der Waals surface area (Å²) in [4.78, 5) is 0.226. The van der Waals surface area contributed by atoms with Gasteiger partial charge in [0, 0.05) is 25.9 Å². The highest BCUT2D eigenvalue weighted by atomic mass is 32.2. The van der Waals surface area contributed by atoms with Gasteiger partial charge < -0.3 is 28.2 Å². The minimum atomic E-state index is -3.83. The Labute approximate surface area is 424 Å². The Balaban J connectivity index is 1.54. The van der Waals surface area contributed by atoms with Gasteiger partial charge in [0.25, 0.3) is 10.1 Å². The number of methoxy groups -OCH3 is 1. The van der Waals surface area contributed by atoms with Crippen molar-refractivity contribution in [3.05, 3.63) is 54.1 Å². The zero-order valence-electron chi connectivity index (χ0n) is 44.1. The minimum absolute atomic E-state index is 0.0185. The zero-order valence-corrected chi connectivity index (χ0v) is 49.4. The summed E-state index contributed by atoms with van der Waals surface area (Å²) in [5.41, 5.74) is 2.56. The van der Waals surface area contributed by atoms with Crippen LogP contribution in [0, 0.1) is 11.8 Å². The van der Waals surface area contributed by atoms with Crippen LogP contribution in [0.5, 0.6) is 0 Å². The number of hydrogen-bond donors (Lipinski definition) is 1. The summed E-state index contributed by atoms with van der Waals surface area (Å²) in [6.07, 6.45) is 3.64. The number of benzene rings is 1. The molecule has 0 spiro atoms. The van der Waals surface area contributed by atoms with Crippen LogP contribution in [0.4, 0.5) is 0 Å². The summed E-state index contributed by atoms with van der Waals surface area (Å²) in [6, 6.07) is 7.02. The molecule has 0 aromatic heterocycles. The number of aliphatic hydroxyl groups is 1. The number of ether oxygens (including phenoxy) is 3. The Hall–Kier alpha value is -0.546. The number of rotatable bonds is 26. The lowest BCUT2D eigenvalue weighted by atomic mass is 9.86. The van der Waals surface area contributed by atoms with E-state index in [1.165, 1.54) is 17.9 Å². The van der Waals surface area contributed by atoms with Crippen molar-refractivity contribution in [1.82, 2.24) is 0 Å². The molecule has 17 heteroatoms. The van der Waals surface area contributed by atoms with Crippen LogP contribution in [0.3, 0.4) is 0 Å². The number of sulfone groups is 1. The van der Waals surface area contributed by atoms with E-state index in [0.717, 1.165) is 43.1 Å². The molecule has 3 fully saturated rings. The van der Waals surface area contributed by atoms with Gasteiger partial charge in [-0.2, -0.15) is 8.42 Å². The van der Waals surface area contributed by atoms with Gasteiger partial charge >= 0.3 is 0 Å². The number of aliphatic hydroxyl groups excluding tert-OH is 1. The lowest BCUT2D eigenvalue weighted by Crippen LogP contribution is -2.49. The highest BCUT2D eigenvalue weighted by Crippen LogP contribution is 2.43. The van der Waals surface area contributed by atoms with Crippen LogP contribution >= 0.6 is 23.5 Å². The van der Waals surface area contributed by atoms with Crippen molar-refractivity contribution in [2.24, 2.45) is 11.8 Å². The topological polar surface area (TPSA) is 144 Å². The summed E-state index contributed by atoms with van der Waals surface area (Å²) in [6.45, 7) is 35.1. The third kappa shape index (κ3) is 17.6. The van der Waals surface area contributed by atoms with Crippen LogP contribution in [-0.4, -0.2) is 129 Å². The number of hydrogen-bond acceptors (Lipinski definition) is 13. The van der Waals surface area contributed by atoms with E-state index in [0.29, 0.717) is 42.4 Å². The van der Waals surface area contributed by atoms with Gasteiger partial charge in [0.05, 0.1) is 76.9 Å². The van der Waals surface area contributed by atoms with Crippen molar-refractivity contribution in [3.8, 4) is 0 Å². The van der Waals surface area contributed by atoms with Crippen molar-refractivity contribution in [3.63, 3.8) is 0 Å². The molecule has 3 heterocycles. The Morgan fingerprint density at radius 3 is 2.07 bits per heavy atom. The summed E-state index contributed by atoms with van der Waals surface area (Å²) >= 11 is 4.08. The van der Waals surface area contributed by atoms with Crippen LogP contribution in [0.1, 0.15) is 119 Å². The van der Waals surface area contributed by atoms with E-state index in [2.05, 4.69) is 80.9 Å². The van der Waals surface area contributed by atoms with Crippen molar-refractivity contribution in [1.29, 1.82) is 0 Å². The van der Waals surface area contributed by atoms with Gasteiger partial charge in [0.1, 0.15) is 0 Å². The quantitative estimate of drug-likeness (QED) is 0.0534. The fraction of sp³-hybridized carbons (Fsp3) is 0.804. The van der Waals surface area contributed by atoms with Gasteiger partial charge in [-0.1, -0.05) is 80.7 Å². The molecule has 1 aromatic rings. The van der Waals surface area contributed by atoms with E-state index in [4.69, 9.17) is 27.2 Å². The van der Waals surface area contributed by atoms with E-state index in [-0.39, 0.29) is 51.4 Å². The summed E-state index contributed by atoms with van der Waals surface area (Å²) in [7, 11) is -10.5. The first kappa shape index (κ1) is 60.0. The lowest BCUT2D eigenvalue weighted by molar-refractivity contribution is -0.0430. The molecule has 0 aliphatic carbocycles. The molecule has 1 aromatic carbocycles. The Bertz CT molecular complexity index is 1990. The second kappa shape index (κ2) is 25.1. The van der Waals surface area contributed by atoms with Crippen LogP contribution < -0.4 is 0 Å². The molecule has 1 unspecified atom stereocenters. The van der Waals surface area contributed by atoms with Gasteiger partial charge in [0.2, 0.25) is 0 Å². The summed E-state index contributed by atoms with van der Waals surface area (Å²) in [5.74, 6) is 1.18. The molecule has 3 saturated heterocycles. The molecule has 10 atom stereocenters. The SMILES string of the molecule is C=C([C@H](C)C[C@@H](CC[C@@H]1O[C@@H](CCC2SCCCS2)CC1=C)OS(C)(=O)=O)[C@H](O)C[C@@H]1O[C@H](CC(CO[Si](C)(C)C(C)(C)C)O[Si](C)(C)C(C)(C)C)[C@H](OC)[C@H]1CS(=O)(=O)c1ccc(CC)cc1. The maximum absolute atomic E-state index is 14.3. The Kier molecular flexibility index (Phi) is 22.2. The number of thioether (sulfide) groups is 2. The Morgan fingerprint density at radius 1 is 0.897 bits per heavy atom. The molecule has 0 saturated carbocycles. The van der Waals surface area contributed by atoms with Crippen LogP contribution in [0.15, 0.2) is 53.5 Å². The monoisotopic (exact) mass is 1060 g/mol. The van der Waals surface area contributed by atoms with Crippen molar-refractivity contribution < 1.29 is 49.2 Å². The van der Waals surface area contributed by atoms with Gasteiger partial charge in [-0.15, -0.1) is 23.5 Å². The molecule has 392 valence electrons. The first-order valence-corrected chi connectivity index (χ1v) is 36.4. The smallest absolute Gasteiger partial charge is 0.264 e. The van der Waals surface area contributed by atoms with Crippen LogP contribution in [0.2, 0.25) is 36.3 Å². The highest BCUT2D eigenvalue weighted by molar-refractivity contribution is 8.17. The molecular formula is C51H90O11S4Si2. The van der Waals surface area contributed by atoms with Gasteiger partial charge in [-0.3, -0.25) is 4.18 Å².